The fourth-order valence-corrected chi connectivity index (χ4v) is 2.87. The second-order valence-corrected chi connectivity index (χ2v) is 6.40. The van der Waals surface area contributed by atoms with Crippen LogP contribution in [0.25, 0.3) is 11.1 Å². The minimum atomic E-state index is -0.250. The first-order valence-corrected chi connectivity index (χ1v) is 9.16. The van der Waals surface area contributed by atoms with Crippen LogP contribution in [0.5, 0.6) is 11.5 Å². The molecule has 1 atom stereocenters. The molecular formula is C22H25N3O5. The highest BCUT2D eigenvalue weighted by Crippen LogP contribution is 2.33. The second kappa shape index (κ2) is 10.7. The number of carboxylic acid groups (broad SMARTS) is 1. The number of hydrogen-bond acceptors (Lipinski definition) is 5. The summed E-state index contributed by atoms with van der Waals surface area (Å²) in [5.74, 6) is 1.97. The first kappa shape index (κ1) is 22.5. The molecule has 0 saturated carbocycles. The van der Waals surface area contributed by atoms with E-state index in [4.69, 9.17) is 19.4 Å². The standard InChI is InChI=1S/C21H23N3O3.CH2O2/c1-13-12-22-20(23-13)14(2)24-21(25)16-7-5-6-15(10-16)18-9-8-17(26-3)11-19(18)27-4;2-1-3/h5-12,14H,1-4H3,(H,22,23)(H,24,25);1H,(H,2,3). The van der Waals surface area contributed by atoms with E-state index < -0.39 is 0 Å². The molecule has 0 bridgehead atoms. The van der Waals surface area contributed by atoms with Gasteiger partial charge in [-0.05, 0) is 43.7 Å². The van der Waals surface area contributed by atoms with Crippen LogP contribution in [-0.2, 0) is 4.79 Å². The minimum Gasteiger partial charge on any atom is -0.497 e. The number of ether oxygens (including phenoxy) is 2. The number of nitrogens with zero attached hydrogens (tertiary/aromatic N) is 1. The lowest BCUT2D eigenvalue weighted by molar-refractivity contribution is -0.122. The van der Waals surface area contributed by atoms with Crippen molar-refractivity contribution in [1.29, 1.82) is 0 Å². The van der Waals surface area contributed by atoms with Crippen molar-refractivity contribution in [1.82, 2.24) is 15.3 Å². The molecule has 3 N–H and O–H groups in total. The molecular weight excluding hydrogens is 386 g/mol. The Morgan fingerprint density at radius 3 is 2.53 bits per heavy atom. The average molecular weight is 411 g/mol. The lowest BCUT2D eigenvalue weighted by Gasteiger charge is -2.14. The van der Waals surface area contributed by atoms with Gasteiger partial charge in [0.2, 0.25) is 0 Å². The fraction of sp³-hybridized carbons (Fsp3) is 0.227. The maximum absolute atomic E-state index is 12.7. The molecule has 3 aromatic rings. The maximum Gasteiger partial charge on any atom is 0.290 e. The van der Waals surface area contributed by atoms with Crippen molar-refractivity contribution in [3.05, 3.63) is 65.7 Å². The lowest BCUT2D eigenvalue weighted by atomic mass is 10.0. The summed E-state index contributed by atoms with van der Waals surface area (Å²) in [6.07, 6.45) is 1.74. The zero-order valence-corrected chi connectivity index (χ0v) is 17.3. The van der Waals surface area contributed by atoms with E-state index >= 15 is 0 Å². The summed E-state index contributed by atoms with van der Waals surface area (Å²) in [6.45, 7) is 3.57. The molecule has 8 heteroatoms. The number of H-pyrrole nitrogens is 1. The number of rotatable bonds is 6. The van der Waals surface area contributed by atoms with Crippen LogP contribution in [0, 0.1) is 6.92 Å². The van der Waals surface area contributed by atoms with Gasteiger partial charge in [-0.1, -0.05) is 12.1 Å². The predicted molar refractivity (Wildman–Crippen MR) is 113 cm³/mol. The monoisotopic (exact) mass is 411 g/mol. The summed E-state index contributed by atoms with van der Waals surface area (Å²) in [5, 5.41) is 9.86. The number of carbonyl (C=O) groups excluding carboxylic acids is 1. The van der Waals surface area contributed by atoms with Gasteiger partial charge in [-0.15, -0.1) is 0 Å². The molecule has 1 unspecified atom stereocenters. The third-order valence-electron chi connectivity index (χ3n) is 4.32. The molecule has 3 rings (SSSR count). The van der Waals surface area contributed by atoms with Crippen molar-refractivity contribution in [2.45, 2.75) is 19.9 Å². The van der Waals surface area contributed by atoms with Crippen LogP contribution < -0.4 is 14.8 Å². The van der Waals surface area contributed by atoms with Gasteiger partial charge >= 0.3 is 0 Å². The number of benzene rings is 2. The summed E-state index contributed by atoms with van der Waals surface area (Å²) in [6, 6.07) is 12.8. The fourth-order valence-electron chi connectivity index (χ4n) is 2.87. The maximum atomic E-state index is 12.7. The second-order valence-electron chi connectivity index (χ2n) is 6.40. The number of aromatic amines is 1. The number of carbonyl (C=O) groups is 2. The van der Waals surface area contributed by atoms with Crippen molar-refractivity contribution in [2.75, 3.05) is 14.2 Å². The van der Waals surface area contributed by atoms with Gasteiger partial charge in [0.25, 0.3) is 12.4 Å². The van der Waals surface area contributed by atoms with E-state index in [-0.39, 0.29) is 18.4 Å². The summed E-state index contributed by atoms with van der Waals surface area (Å²) in [7, 11) is 3.23. The van der Waals surface area contributed by atoms with E-state index in [0.717, 1.165) is 22.6 Å². The number of nitrogens with one attached hydrogen (secondary N) is 2. The number of aromatic nitrogens is 2. The lowest BCUT2D eigenvalue weighted by Crippen LogP contribution is -2.27. The predicted octanol–water partition coefficient (Wildman–Crippen LogP) is 3.59. The third kappa shape index (κ3) is 5.60. The molecule has 30 heavy (non-hydrogen) atoms. The molecule has 0 radical (unpaired) electrons. The van der Waals surface area contributed by atoms with Crippen LogP contribution in [0.2, 0.25) is 0 Å². The van der Waals surface area contributed by atoms with Crippen LogP contribution in [-0.4, -0.2) is 41.7 Å². The molecule has 1 aromatic heterocycles. The number of aryl methyl sites for hydroxylation is 1. The Morgan fingerprint density at radius 2 is 1.93 bits per heavy atom. The largest absolute Gasteiger partial charge is 0.497 e. The zero-order chi connectivity index (χ0) is 22.1. The minimum absolute atomic E-state index is 0.161. The molecule has 0 spiro atoms. The van der Waals surface area contributed by atoms with Gasteiger partial charge in [-0.25, -0.2) is 4.98 Å². The number of methoxy groups -OCH3 is 2. The summed E-state index contributed by atoms with van der Waals surface area (Å²) >= 11 is 0. The van der Waals surface area contributed by atoms with Crippen molar-refractivity contribution < 1.29 is 24.2 Å². The first-order chi connectivity index (χ1) is 14.4. The smallest absolute Gasteiger partial charge is 0.290 e. The molecule has 1 amide bonds. The highest BCUT2D eigenvalue weighted by atomic mass is 16.5. The molecule has 8 nitrogen and oxygen atoms in total. The molecule has 0 aliphatic heterocycles. The Morgan fingerprint density at radius 1 is 1.20 bits per heavy atom. The SMILES string of the molecule is COc1ccc(-c2cccc(C(=O)NC(C)c3ncc(C)[nH]3)c2)c(OC)c1.O=CO. The van der Waals surface area contributed by atoms with E-state index in [9.17, 15) is 4.79 Å². The van der Waals surface area contributed by atoms with E-state index in [1.54, 1.807) is 26.5 Å². The molecule has 1 heterocycles. The molecule has 0 saturated heterocycles. The van der Waals surface area contributed by atoms with Gasteiger partial charge in [0.05, 0.1) is 20.3 Å². The van der Waals surface area contributed by atoms with Crippen molar-refractivity contribution in [2.24, 2.45) is 0 Å². The van der Waals surface area contributed by atoms with Gasteiger partial charge in [0.15, 0.2) is 0 Å². The van der Waals surface area contributed by atoms with Crippen LogP contribution in [0.4, 0.5) is 0 Å². The van der Waals surface area contributed by atoms with Crippen molar-refractivity contribution in [3.8, 4) is 22.6 Å². The van der Waals surface area contributed by atoms with E-state index in [1.807, 2.05) is 50.2 Å². The Bertz CT molecular complexity index is 1000. The van der Waals surface area contributed by atoms with Crippen LogP contribution >= 0.6 is 0 Å². The molecule has 0 fully saturated rings. The highest BCUT2D eigenvalue weighted by molar-refractivity contribution is 5.95. The van der Waals surface area contributed by atoms with Gasteiger partial charge in [0, 0.05) is 29.1 Å². The van der Waals surface area contributed by atoms with Crippen molar-refractivity contribution in [3.63, 3.8) is 0 Å². The van der Waals surface area contributed by atoms with E-state index in [1.165, 1.54) is 0 Å². The Hall–Kier alpha value is -3.81. The van der Waals surface area contributed by atoms with Gasteiger partial charge < -0.3 is 24.9 Å². The van der Waals surface area contributed by atoms with Crippen LogP contribution in [0.3, 0.4) is 0 Å². The number of hydrogen-bond donors (Lipinski definition) is 3. The van der Waals surface area contributed by atoms with Crippen LogP contribution in [0.1, 0.15) is 34.8 Å². The summed E-state index contributed by atoms with van der Waals surface area (Å²) in [5.41, 5.74) is 3.31. The molecule has 0 aliphatic rings. The van der Waals surface area contributed by atoms with Gasteiger partial charge in [-0.3, -0.25) is 9.59 Å². The highest BCUT2D eigenvalue weighted by Gasteiger charge is 2.15. The average Bonchev–Trinajstić information content (AvgIpc) is 3.20. The topological polar surface area (TPSA) is 114 Å². The number of amides is 1. The summed E-state index contributed by atoms with van der Waals surface area (Å²) in [4.78, 5) is 28.4. The summed E-state index contributed by atoms with van der Waals surface area (Å²) < 4.78 is 10.7. The quantitative estimate of drug-likeness (QED) is 0.534. The normalized spacial score (nSPS) is 10.9. The van der Waals surface area contributed by atoms with Gasteiger partial charge in [-0.2, -0.15) is 0 Å². The van der Waals surface area contributed by atoms with Crippen molar-refractivity contribution >= 4 is 12.4 Å². The molecule has 0 aliphatic carbocycles. The molecule has 158 valence electrons. The van der Waals surface area contributed by atoms with E-state index in [0.29, 0.717) is 17.1 Å². The Balaban J connectivity index is 0.00000101. The van der Waals surface area contributed by atoms with E-state index in [2.05, 4.69) is 15.3 Å². The van der Waals surface area contributed by atoms with Crippen LogP contribution in [0.15, 0.2) is 48.7 Å². The molecule has 2 aromatic carbocycles. The van der Waals surface area contributed by atoms with Gasteiger partial charge in [0.1, 0.15) is 17.3 Å². The first-order valence-electron chi connectivity index (χ1n) is 9.16. The number of imidazole rings is 1. The zero-order valence-electron chi connectivity index (χ0n) is 17.3. The third-order valence-corrected chi connectivity index (χ3v) is 4.32. The Kier molecular flexibility index (Phi) is 7.99. The Labute approximate surface area is 174 Å².